The van der Waals surface area contributed by atoms with Gasteiger partial charge in [0, 0.05) is 36.4 Å². The van der Waals surface area contributed by atoms with Crippen molar-refractivity contribution in [1.29, 1.82) is 0 Å². The summed E-state index contributed by atoms with van der Waals surface area (Å²) >= 11 is 6.17. The number of nitrogens with zero attached hydrogens (tertiary/aromatic N) is 2. The van der Waals surface area contributed by atoms with E-state index in [4.69, 9.17) is 58.7 Å². The molecule has 0 amide bonds. The topological polar surface area (TPSA) is 202 Å². The van der Waals surface area contributed by atoms with Crippen molar-refractivity contribution in [3.8, 4) is 23.0 Å². The Morgan fingerprint density at radius 1 is 0.476 bits per heavy atom. The van der Waals surface area contributed by atoms with E-state index in [-0.39, 0.29) is 26.1 Å². The molecular formula is C62H62N4O14PS+. The highest BCUT2D eigenvalue weighted by Gasteiger charge is 2.49. The lowest BCUT2D eigenvalue weighted by Crippen LogP contribution is -2.39. The summed E-state index contributed by atoms with van der Waals surface area (Å²) < 4.78 is 66.8. The van der Waals surface area contributed by atoms with Gasteiger partial charge in [-0.15, -0.1) is 9.05 Å². The normalized spacial score (nSPS) is 19.0. The Hall–Kier alpha value is -7.84. The van der Waals surface area contributed by atoms with Crippen molar-refractivity contribution in [2.24, 2.45) is 0 Å². The molecule has 8 aromatic rings. The van der Waals surface area contributed by atoms with E-state index in [9.17, 15) is 19.2 Å². The molecule has 2 aliphatic heterocycles. The van der Waals surface area contributed by atoms with E-state index in [1.54, 1.807) is 42.3 Å². The number of hydrogen-bond acceptors (Lipinski definition) is 15. The summed E-state index contributed by atoms with van der Waals surface area (Å²) in [6, 6.07) is 50.0. The van der Waals surface area contributed by atoms with Crippen molar-refractivity contribution in [2.75, 3.05) is 41.7 Å². The summed E-state index contributed by atoms with van der Waals surface area (Å²) in [7, 11) is 4.14. The van der Waals surface area contributed by atoms with Crippen molar-refractivity contribution in [3.05, 3.63) is 256 Å². The quantitative estimate of drug-likeness (QED) is 0.0481. The predicted octanol–water partition coefficient (Wildman–Crippen LogP) is 8.87. The maximum atomic E-state index is 13.5. The predicted molar refractivity (Wildman–Crippen MR) is 310 cm³/mol. The molecule has 0 unspecified atom stereocenters. The lowest BCUT2D eigenvalue weighted by Gasteiger charge is -2.37. The van der Waals surface area contributed by atoms with Crippen LogP contribution in [0.1, 0.15) is 69.8 Å². The number of H-pyrrole nitrogens is 2. The van der Waals surface area contributed by atoms with Crippen LogP contribution in [0.25, 0.3) is 0 Å². The molecule has 0 saturated carbocycles. The van der Waals surface area contributed by atoms with Crippen molar-refractivity contribution in [1.82, 2.24) is 19.1 Å². The largest absolute Gasteiger partial charge is 0.522 e. The Kier molecular flexibility index (Phi) is 17.6. The molecule has 18 nitrogen and oxygen atoms in total. The zero-order valence-electron chi connectivity index (χ0n) is 45.9. The van der Waals surface area contributed by atoms with Crippen LogP contribution in [0, 0.1) is 13.8 Å². The molecule has 2 saturated heterocycles. The van der Waals surface area contributed by atoms with Gasteiger partial charge in [-0.3, -0.25) is 28.7 Å². The lowest BCUT2D eigenvalue weighted by atomic mass is 9.80. The van der Waals surface area contributed by atoms with Crippen LogP contribution in [-0.4, -0.2) is 85.2 Å². The molecule has 6 aromatic carbocycles. The van der Waals surface area contributed by atoms with Crippen molar-refractivity contribution >= 4 is 19.0 Å². The second-order valence-electron chi connectivity index (χ2n) is 19.8. The zero-order chi connectivity index (χ0) is 57.5. The second kappa shape index (κ2) is 25.1. The minimum atomic E-state index is -2.27. The Bertz CT molecular complexity index is 3390. The van der Waals surface area contributed by atoms with Crippen LogP contribution in [0.2, 0.25) is 0 Å². The lowest BCUT2D eigenvalue weighted by molar-refractivity contribution is -0.0956. The molecule has 424 valence electrons. The maximum absolute atomic E-state index is 13.5. The van der Waals surface area contributed by atoms with E-state index in [0.29, 0.717) is 34.1 Å². The molecule has 10 rings (SSSR count). The van der Waals surface area contributed by atoms with Crippen molar-refractivity contribution in [2.45, 2.75) is 74.8 Å². The number of aromatic amines is 2. The highest BCUT2D eigenvalue weighted by molar-refractivity contribution is 8.00. The maximum Gasteiger partial charge on any atom is 0.522 e. The van der Waals surface area contributed by atoms with E-state index in [1.807, 2.05) is 158 Å². The Balaban J connectivity index is 1.01. The fraction of sp³-hybridized carbons (Fsp3) is 0.290. The van der Waals surface area contributed by atoms with Gasteiger partial charge in [-0.2, -0.15) is 0 Å². The first kappa shape index (κ1) is 57.4. The highest BCUT2D eigenvalue weighted by Crippen LogP contribution is 2.47. The van der Waals surface area contributed by atoms with Crippen LogP contribution in [0.3, 0.4) is 0 Å². The van der Waals surface area contributed by atoms with Gasteiger partial charge in [0.1, 0.15) is 71.1 Å². The zero-order valence-corrected chi connectivity index (χ0v) is 47.6. The summed E-state index contributed by atoms with van der Waals surface area (Å²) in [5, 5.41) is 0. The van der Waals surface area contributed by atoms with Gasteiger partial charge in [-0.1, -0.05) is 109 Å². The van der Waals surface area contributed by atoms with Gasteiger partial charge in [0.05, 0.1) is 41.7 Å². The molecule has 82 heavy (non-hydrogen) atoms. The van der Waals surface area contributed by atoms with Gasteiger partial charge in [-0.25, -0.2) is 9.59 Å². The average Bonchev–Trinajstić information content (AvgIpc) is 3.61. The van der Waals surface area contributed by atoms with Gasteiger partial charge in [0.15, 0.2) is 0 Å². The van der Waals surface area contributed by atoms with Crippen LogP contribution in [0.5, 0.6) is 23.0 Å². The molecule has 2 aliphatic rings. The van der Waals surface area contributed by atoms with Crippen LogP contribution in [0.15, 0.2) is 189 Å². The third-order valence-electron chi connectivity index (χ3n) is 15.0. The van der Waals surface area contributed by atoms with Gasteiger partial charge < -0.3 is 37.9 Å². The third kappa shape index (κ3) is 11.8. The van der Waals surface area contributed by atoms with Gasteiger partial charge in [-0.05, 0) is 95.8 Å². The molecule has 4 heterocycles. The average molecular weight is 1150 g/mol. The van der Waals surface area contributed by atoms with Crippen LogP contribution in [-0.2, 0) is 51.0 Å². The van der Waals surface area contributed by atoms with E-state index < -0.39 is 77.7 Å². The number of rotatable bonds is 22. The summed E-state index contributed by atoms with van der Waals surface area (Å²) in [5.74, 6) is 2.59. The van der Waals surface area contributed by atoms with Crippen molar-refractivity contribution in [3.63, 3.8) is 0 Å². The molecule has 0 radical (unpaired) electrons. The molecule has 20 heteroatoms. The van der Waals surface area contributed by atoms with E-state index in [1.165, 1.54) is 21.5 Å². The fourth-order valence-electron chi connectivity index (χ4n) is 10.7. The summed E-state index contributed by atoms with van der Waals surface area (Å²) in [4.78, 5) is 57.2. The molecule has 2 aromatic heterocycles. The number of hydrogen-bond donors (Lipinski definition) is 2. The monoisotopic (exact) mass is 1150 g/mol. The van der Waals surface area contributed by atoms with Gasteiger partial charge >= 0.3 is 18.5 Å². The van der Waals surface area contributed by atoms with Gasteiger partial charge in [0.25, 0.3) is 11.1 Å². The Morgan fingerprint density at radius 3 is 1.06 bits per heavy atom. The molecule has 0 spiro atoms. The van der Waals surface area contributed by atoms with Gasteiger partial charge in [0.2, 0.25) is 11.8 Å². The minimum Gasteiger partial charge on any atom is -0.497 e. The number of benzene rings is 6. The summed E-state index contributed by atoms with van der Waals surface area (Å²) in [6.07, 6.45) is -2.29. The standard InChI is InChI=1S/C62H61N4O14PS/c1-39-35-65(59(69)63-57(39)67)55-33-51(53(77-55)37-75-61(41-13-9-7-10-14-41,43-17-25-47(71-3)26-18-43)44-19-27-48(72-4)28-20-44)79-81(82)80-52-34-56(66-36-40(2)58(68)64-60(66)70)78-54(52)38-76-62(42-15-11-8-12-16-42,45-21-29-49(73-5)30-22-45)46-23-31-50(74-6)32-24-46/h7-32,35-36,51-56H,33-34,37-38H2,1-6H3,(H-,63,64,67,68,69,70)/p+1/t51-,52-,53+,54+,55+,56+/m0/s1. The number of aromatic nitrogens is 4. The van der Waals surface area contributed by atoms with Crippen LogP contribution in [0.4, 0.5) is 0 Å². The highest BCUT2D eigenvalue weighted by atomic mass is 32.4. The summed E-state index contributed by atoms with van der Waals surface area (Å²) in [5.41, 5.74) is 0.370. The van der Waals surface area contributed by atoms with E-state index in [2.05, 4.69) is 9.97 Å². The first-order chi connectivity index (χ1) is 39.8. The third-order valence-corrected chi connectivity index (χ3v) is 16.4. The number of nitrogens with one attached hydrogen (secondary N) is 2. The Labute approximate surface area is 478 Å². The Morgan fingerprint density at radius 2 is 0.768 bits per heavy atom. The van der Waals surface area contributed by atoms with E-state index >= 15 is 0 Å². The fourth-order valence-corrected chi connectivity index (χ4v) is 12.3. The van der Waals surface area contributed by atoms with E-state index in [0.717, 1.165) is 33.4 Å². The summed E-state index contributed by atoms with van der Waals surface area (Å²) in [6.45, 7) is 2.98. The number of aryl methyl sites for hydroxylation is 2. The second-order valence-corrected chi connectivity index (χ2v) is 21.6. The molecule has 0 bridgehead atoms. The SMILES string of the molecule is COc1ccc(C(OC[C@H]2O[C@@H](n3cc(C)c(=O)[nH]c3=O)C[C@@H]2O[P+](=S)O[C@H]2C[C@H](n3cc(C)c(=O)[nH]c3=O)O[C@@H]2COC(c2ccccc2)(c2ccc(OC)cc2)c2ccc(OC)cc2)(c2ccccc2)c2ccc(OC)cc2)cc1. The van der Waals surface area contributed by atoms with Crippen molar-refractivity contribution < 1.29 is 46.9 Å². The first-order valence-corrected chi connectivity index (χ1v) is 28.7. The molecular weight excluding hydrogens is 1090 g/mol. The smallest absolute Gasteiger partial charge is 0.497 e. The number of methoxy groups -OCH3 is 4. The van der Waals surface area contributed by atoms with Crippen LogP contribution < -0.4 is 41.4 Å². The first-order valence-electron chi connectivity index (χ1n) is 26.5. The van der Waals surface area contributed by atoms with Crippen LogP contribution >= 0.6 is 7.15 Å². The molecule has 6 atom stereocenters. The number of ether oxygens (including phenoxy) is 8. The molecule has 0 aliphatic carbocycles. The molecule has 2 fully saturated rings. The molecule has 2 N–H and O–H groups in total. The minimum absolute atomic E-state index is 0.0906.